The second-order valence-electron chi connectivity index (χ2n) is 5.52. The Kier molecular flexibility index (Phi) is 2.33. The Balaban J connectivity index is 2.01. The van der Waals surface area contributed by atoms with Gasteiger partial charge in [0.25, 0.3) is 0 Å². The molecule has 0 spiro atoms. The number of aryl methyl sites for hydroxylation is 1. The maximum Gasteiger partial charge on any atom is 0.138 e. The van der Waals surface area contributed by atoms with Crippen molar-refractivity contribution in [1.29, 1.82) is 0 Å². The highest BCUT2D eigenvalue weighted by molar-refractivity contribution is 4.92. The summed E-state index contributed by atoms with van der Waals surface area (Å²) in [5, 5.41) is 4.19. The lowest BCUT2D eigenvalue weighted by Crippen LogP contribution is -2.24. The van der Waals surface area contributed by atoms with Gasteiger partial charge in [-0.05, 0) is 24.2 Å². The van der Waals surface area contributed by atoms with Crippen molar-refractivity contribution < 1.29 is 0 Å². The quantitative estimate of drug-likeness (QED) is 0.685. The van der Waals surface area contributed by atoms with Gasteiger partial charge in [-0.3, -0.25) is 4.68 Å². The van der Waals surface area contributed by atoms with E-state index in [9.17, 15) is 0 Å². The molecule has 0 N–H and O–H groups in total. The number of hydrogen-bond donors (Lipinski definition) is 0. The smallest absolute Gasteiger partial charge is 0.138 e. The van der Waals surface area contributed by atoms with Gasteiger partial charge >= 0.3 is 0 Å². The minimum absolute atomic E-state index is 0.437. The van der Waals surface area contributed by atoms with Crippen LogP contribution in [0.3, 0.4) is 0 Å². The van der Waals surface area contributed by atoms with Gasteiger partial charge in [0.15, 0.2) is 0 Å². The van der Waals surface area contributed by atoms with Crippen molar-refractivity contribution >= 4 is 0 Å². The van der Waals surface area contributed by atoms with Crippen LogP contribution < -0.4 is 0 Å². The van der Waals surface area contributed by atoms with Gasteiger partial charge in [0.2, 0.25) is 0 Å². The maximum absolute atomic E-state index is 4.29. The summed E-state index contributed by atoms with van der Waals surface area (Å²) in [4.78, 5) is 4.29. The second-order valence-corrected chi connectivity index (χ2v) is 5.52. The predicted octanol–water partition coefficient (Wildman–Crippen LogP) is 2.28. The summed E-state index contributed by atoms with van der Waals surface area (Å²) in [6.45, 7) is 7.99. The van der Waals surface area contributed by atoms with Gasteiger partial charge in [-0.15, -0.1) is 0 Å². The fourth-order valence-corrected chi connectivity index (χ4v) is 2.34. The standard InChI is InChI=1S/C11H19N3/c1-11(2,3)7-9-4-5-14-10(6-9)12-8-13-14/h8-9H,4-7H2,1-3H3. The second kappa shape index (κ2) is 3.37. The summed E-state index contributed by atoms with van der Waals surface area (Å²) in [6.07, 6.45) is 5.33. The van der Waals surface area contributed by atoms with Crippen molar-refractivity contribution in [3.63, 3.8) is 0 Å². The topological polar surface area (TPSA) is 30.7 Å². The van der Waals surface area contributed by atoms with E-state index in [1.54, 1.807) is 6.33 Å². The molecule has 0 amide bonds. The number of hydrogen-bond acceptors (Lipinski definition) is 2. The van der Waals surface area contributed by atoms with Crippen molar-refractivity contribution in [2.75, 3.05) is 0 Å². The van der Waals surface area contributed by atoms with Gasteiger partial charge in [0.05, 0.1) is 0 Å². The van der Waals surface area contributed by atoms with Crippen molar-refractivity contribution in [2.24, 2.45) is 11.3 Å². The minimum atomic E-state index is 0.437. The first kappa shape index (κ1) is 9.69. The molecule has 0 aromatic carbocycles. The molecule has 14 heavy (non-hydrogen) atoms. The molecule has 3 nitrogen and oxygen atoms in total. The predicted molar refractivity (Wildman–Crippen MR) is 55.9 cm³/mol. The van der Waals surface area contributed by atoms with E-state index in [0.29, 0.717) is 5.41 Å². The summed E-state index contributed by atoms with van der Waals surface area (Å²) < 4.78 is 2.04. The Morgan fingerprint density at radius 3 is 3.00 bits per heavy atom. The van der Waals surface area contributed by atoms with E-state index in [1.807, 2.05) is 4.68 Å². The van der Waals surface area contributed by atoms with Crippen LogP contribution >= 0.6 is 0 Å². The van der Waals surface area contributed by atoms with E-state index in [0.717, 1.165) is 18.9 Å². The summed E-state index contributed by atoms with van der Waals surface area (Å²) >= 11 is 0. The third-order valence-electron chi connectivity index (χ3n) is 2.82. The SMILES string of the molecule is CC(C)(C)CC1CCn2ncnc2C1. The van der Waals surface area contributed by atoms with E-state index < -0.39 is 0 Å². The molecule has 1 atom stereocenters. The summed E-state index contributed by atoms with van der Waals surface area (Å²) in [5.74, 6) is 1.97. The lowest BCUT2D eigenvalue weighted by Gasteiger charge is -2.28. The van der Waals surface area contributed by atoms with Crippen LogP contribution in [0.15, 0.2) is 6.33 Å². The minimum Gasteiger partial charge on any atom is -0.250 e. The van der Waals surface area contributed by atoms with E-state index >= 15 is 0 Å². The Labute approximate surface area is 85.5 Å². The largest absolute Gasteiger partial charge is 0.250 e. The molecule has 0 saturated heterocycles. The average Bonchev–Trinajstić information content (AvgIpc) is 2.47. The normalized spacial score (nSPS) is 22.1. The van der Waals surface area contributed by atoms with E-state index in [-0.39, 0.29) is 0 Å². The summed E-state index contributed by atoms with van der Waals surface area (Å²) in [6, 6.07) is 0. The summed E-state index contributed by atoms with van der Waals surface area (Å²) in [5.41, 5.74) is 0.437. The summed E-state index contributed by atoms with van der Waals surface area (Å²) in [7, 11) is 0. The van der Waals surface area contributed by atoms with Gasteiger partial charge in [-0.2, -0.15) is 5.10 Å². The van der Waals surface area contributed by atoms with Crippen molar-refractivity contribution in [3.05, 3.63) is 12.2 Å². The number of fused-ring (bicyclic) bond motifs is 1. The number of aromatic nitrogens is 3. The van der Waals surface area contributed by atoms with Crippen LogP contribution in [0.1, 0.15) is 39.4 Å². The highest BCUT2D eigenvalue weighted by atomic mass is 15.3. The molecule has 0 fully saturated rings. The Bertz CT molecular complexity index is 309. The van der Waals surface area contributed by atoms with Gasteiger partial charge in [-0.25, -0.2) is 4.98 Å². The Hall–Kier alpha value is -0.860. The van der Waals surface area contributed by atoms with E-state index in [1.165, 1.54) is 18.7 Å². The highest BCUT2D eigenvalue weighted by Crippen LogP contribution is 2.30. The molecular formula is C11H19N3. The molecular weight excluding hydrogens is 174 g/mol. The average molecular weight is 193 g/mol. The molecule has 1 aliphatic rings. The zero-order valence-corrected chi connectivity index (χ0v) is 9.32. The van der Waals surface area contributed by atoms with Gasteiger partial charge in [0.1, 0.15) is 12.2 Å². The van der Waals surface area contributed by atoms with Crippen molar-refractivity contribution in [1.82, 2.24) is 14.8 Å². The fraction of sp³-hybridized carbons (Fsp3) is 0.818. The molecule has 2 rings (SSSR count). The van der Waals surface area contributed by atoms with Gasteiger partial charge in [0, 0.05) is 13.0 Å². The lowest BCUT2D eigenvalue weighted by atomic mass is 9.81. The van der Waals surface area contributed by atoms with Crippen LogP contribution in [0.4, 0.5) is 0 Å². The first-order valence-corrected chi connectivity index (χ1v) is 5.41. The van der Waals surface area contributed by atoms with E-state index in [4.69, 9.17) is 0 Å². The zero-order chi connectivity index (χ0) is 10.2. The van der Waals surface area contributed by atoms with E-state index in [2.05, 4.69) is 30.9 Å². The third kappa shape index (κ3) is 2.14. The highest BCUT2D eigenvalue weighted by Gasteiger charge is 2.24. The fourth-order valence-electron chi connectivity index (χ4n) is 2.34. The van der Waals surface area contributed by atoms with Crippen LogP contribution in [-0.4, -0.2) is 14.8 Å². The van der Waals surface area contributed by atoms with Gasteiger partial charge in [-0.1, -0.05) is 20.8 Å². The van der Waals surface area contributed by atoms with Crippen LogP contribution in [0, 0.1) is 11.3 Å². The monoisotopic (exact) mass is 193 g/mol. The number of rotatable bonds is 1. The Morgan fingerprint density at radius 2 is 2.29 bits per heavy atom. The molecule has 0 aliphatic carbocycles. The maximum atomic E-state index is 4.29. The molecule has 0 radical (unpaired) electrons. The Morgan fingerprint density at radius 1 is 1.50 bits per heavy atom. The zero-order valence-electron chi connectivity index (χ0n) is 9.32. The van der Waals surface area contributed by atoms with Crippen LogP contribution in [0.2, 0.25) is 0 Å². The molecule has 78 valence electrons. The first-order valence-electron chi connectivity index (χ1n) is 5.41. The van der Waals surface area contributed by atoms with Gasteiger partial charge < -0.3 is 0 Å². The van der Waals surface area contributed by atoms with Crippen molar-refractivity contribution in [2.45, 2.75) is 46.6 Å². The molecule has 0 bridgehead atoms. The molecule has 2 heterocycles. The lowest BCUT2D eigenvalue weighted by molar-refractivity contribution is 0.247. The molecule has 3 heteroatoms. The van der Waals surface area contributed by atoms with Crippen molar-refractivity contribution in [3.8, 4) is 0 Å². The first-order chi connectivity index (χ1) is 6.54. The van der Waals surface area contributed by atoms with Crippen LogP contribution in [-0.2, 0) is 13.0 Å². The van der Waals surface area contributed by atoms with Crippen LogP contribution in [0.25, 0.3) is 0 Å². The third-order valence-corrected chi connectivity index (χ3v) is 2.82. The molecule has 0 saturated carbocycles. The molecule has 1 unspecified atom stereocenters. The number of nitrogens with zero attached hydrogens (tertiary/aromatic N) is 3. The molecule has 1 aromatic rings. The molecule has 1 aromatic heterocycles. The molecule has 1 aliphatic heterocycles. The van der Waals surface area contributed by atoms with Crippen LogP contribution in [0.5, 0.6) is 0 Å².